The summed E-state index contributed by atoms with van der Waals surface area (Å²) in [6.45, 7) is 8.17. The Morgan fingerprint density at radius 1 is 1.14 bits per heavy atom. The first-order valence-corrected chi connectivity index (χ1v) is 8.35. The van der Waals surface area contributed by atoms with Gasteiger partial charge in [0.2, 0.25) is 5.91 Å². The minimum Gasteiger partial charge on any atom is -0.481 e. The third-order valence-electron chi connectivity index (χ3n) is 5.52. The summed E-state index contributed by atoms with van der Waals surface area (Å²) in [6.07, 6.45) is 5.58. The van der Waals surface area contributed by atoms with Gasteiger partial charge < -0.3 is 10.0 Å². The number of nitrogens with zero attached hydrogens (tertiary/aromatic N) is 1. The molecule has 1 aliphatic heterocycles. The number of aliphatic carboxylic acids is 1. The summed E-state index contributed by atoms with van der Waals surface area (Å²) in [5, 5.41) is 9.41. The summed E-state index contributed by atoms with van der Waals surface area (Å²) in [5.41, 5.74) is 0.295. The van der Waals surface area contributed by atoms with Gasteiger partial charge in [0.15, 0.2) is 0 Å². The SMILES string of the molecule is CCC1CC(C(=O)O)C(C(=O)N2CCCC(C)(C)CC2)C1. The van der Waals surface area contributed by atoms with E-state index < -0.39 is 11.9 Å². The van der Waals surface area contributed by atoms with Crippen molar-refractivity contribution in [1.29, 1.82) is 0 Å². The summed E-state index contributed by atoms with van der Waals surface area (Å²) >= 11 is 0. The summed E-state index contributed by atoms with van der Waals surface area (Å²) in [6, 6.07) is 0. The molecule has 4 nitrogen and oxygen atoms in total. The molecule has 0 aromatic heterocycles. The van der Waals surface area contributed by atoms with E-state index >= 15 is 0 Å². The topological polar surface area (TPSA) is 57.6 Å². The predicted octanol–water partition coefficient (Wildman–Crippen LogP) is 3.16. The molecule has 4 heteroatoms. The van der Waals surface area contributed by atoms with Crippen LogP contribution in [-0.2, 0) is 9.59 Å². The van der Waals surface area contributed by atoms with Gasteiger partial charge in [-0.05, 0) is 43.4 Å². The van der Waals surface area contributed by atoms with E-state index in [1.165, 1.54) is 0 Å². The average Bonchev–Trinajstić information content (AvgIpc) is 2.77. The number of likely N-dealkylation sites (tertiary alicyclic amines) is 1. The molecule has 0 radical (unpaired) electrons. The molecule has 1 aliphatic carbocycles. The number of hydrogen-bond acceptors (Lipinski definition) is 2. The lowest BCUT2D eigenvalue weighted by molar-refractivity contribution is -0.149. The van der Waals surface area contributed by atoms with Gasteiger partial charge in [-0.2, -0.15) is 0 Å². The van der Waals surface area contributed by atoms with Gasteiger partial charge in [-0.25, -0.2) is 0 Å². The third kappa shape index (κ3) is 3.78. The maximum atomic E-state index is 12.8. The molecule has 0 aromatic carbocycles. The number of carbonyl (C=O) groups excluding carboxylic acids is 1. The second kappa shape index (κ2) is 6.37. The van der Waals surface area contributed by atoms with E-state index in [9.17, 15) is 14.7 Å². The molecule has 21 heavy (non-hydrogen) atoms. The standard InChI is InChI=1S/C17H29NO3/c1-4-12-10-13(14(11-12)16(20)21)15(19)18-8-5-6-17(2,3)7-9-18/h12-14H,4-11H2,1-3H3,(H,20,21). The summed E-state index contributed by atoms with van der Waals surface area (Å²) < 4.78 is 0. The molecule has 120 valence electrons. The first-order valence-electron chi connectivity index (χ1n) is 8.35. The van der Waals surface area contributed by atoms with Crippen molar-refractivity contribution in [1.82, 2.24) is 4.90 Å². The zero-order valence-electron chi connectivity index (χ0n) is 13.6. The number of carboxylic acid groups (broad SMARTS) is 1. The highest BCUT2D eigenvalue weighted by Crippen LogP contribution is 2.40. The van der Waals surface area contributed by atoms with E-state index in [1.807, 2.05) is 4.90 Å². The highest BCUT2D eigenvalue weighted by Gasteiger charge is 2.43. The Labute approximate surface area is 127 Å². The molecular weight excluding hydrogens is 266 g/mol. The molecule has 2 aliphatic rings. The Hall–Kier alpha value is -1.06. The van der Waals surface area contributed by atoms with Crippen molar-refractivity contribution < 1.29 is 14.7 Å². The van der Waals surface area contributed by atoms with Gasteiger partial charge in [0.1, 0.15) is 0 Å². The highest BCUT2D eigenvalue weighted by atomic mass is 16.4. The Kier molecular flexibility index (Phi) is 4.95. The van der Waals surface area contributed by atoms with Gasteiger partial charge >= 0.3 is 5.97 Å². The van der Waals surface area contributed by atoms with E-state index in [4.69, 9.17) is 0 Å². The molecule has 0 aromatic rings. The lowest BCUT2D eigenvalue weighted by Gasteiger charge is -2.27. The smallest absolute Gasteiger partial charge is 0.307 e. The van der Waals surface area contributed by atoms with Crippen molar-refractivity contribution in [2.45, 2.75) is 59.3 Å². The molecule has 1 heterocycles. The van der Waals surface area contributed by atoms with E-state index in [0.717, 1.165) is 45.2 Å². The van der Waals surface area contributed by atoms with Crippen LogP contribution < -0.4 is 0 Å². The van der Waals surface area contributed by atoms with Crippen LogP contribution in [0, 0.1) is 23.2 Å². The molecule has 0 spiro atoms. The van der Waals surface area contributed by atoms with Crippen LogP contribution in [0.3, 0.4) is 0 Å². The highest BCUT2D eigenvalue weighted by molar-refractivity contribution is 5.85. The molecule has 1 N–H and O–H groups in total. The van der Waals surface area contributed by atoms with Crippen LogP contribution in [0.5, 0.6) is 0 Å². The zero-order valence-corrected chi connectivity index (χ0v) is 13.6. The fourth-order valence-corrected chi connectivity index (χ4v) is 3.90. The van der Waals surface area contributed by atoms with Gasteiger partial charge in [-0.15, -0.1) is 0 Å². The lowest BCUT2D eigenvalue weighted by Crippen LogP contribution is -2.40. The Morgan fingerprint density at radius 3 is 2.43 bits per heavy atom. The number of amides is 1. The van der Waals surface area contributed by atoms with Crippen molar-refractivity contribution >= 4 is 11.9 Å². The molecule has 1 saturated carbocycles. The van der Waals surface area contributed by atoms with Gasteiger partial charge in [0.05, 0.1) is 11.8 Å². The average molecular weight is 295 g/mol. The summed E-state index contributed by atoms with van der Waals surface area (Å²) in [4.78, 5) is 26.2. The van der Waals surface area contributed by atoms with Crippen LogP contribution in [0.15, 0.2) is 0 Å². The molecule has 2 fully saturated rings. The number of carboxylic acids is 1. The number of carbonyl (C=O) groups is 2. The predicted molar refractivity (Wildman–Crippen MR) is 81.8 cm³/mol. The first kappa shape index (κ1) is 16.3. The maximum absolute atomic E-state index is 12.8. The Morgan fingerprint density at radius 2 is 1.81 bits per heavy atom. The molecule has 1 saturated heterocycles. The molecule has 0 bridgehead atoms. The monoisotopic (exact) mass is 295 g/mol. The van der Waals surface area contributed by atoms with Crippen LogP contribution in [0.25, 0.3) is 0 Å². The van der Waals surface area contributed by atoms with Crippen LogP contribution >= 0.6 is 0 Å². The van der Waals surface area contributed by atoms with Crippen LogP contribution in [0.2, 0.25) is 0 Å². The molecule has 3 atom stereocenters. The molecule has 2 rings (SSSR count). The van der Waals surface area contributed by atoms with Gasteiger partial charge in [-0.3, -0.25) is 9.59 Å². The van der Waals surface area contributed by atoms with Crippen molar-refractivity contribution in [3.63, 3.8) is 0 Å². The fraction of sp³-hybridized carbons (Fsp3) is 0.882. The van der Waals surface area contributed by atoms with Crippen molar-refractivity contribution in [2.75, 3.05) is 13.1 Å². The van der Waals surface area contributed by atoms with E-state index in [2.05, 4.69) is 20.8 Å². The van der Waals surface area contributed by atoms with Gasteiger partial charge in [-0.1, -0.05) is 27.2 Å². The van der Waals surface area contributed by atoms with Crippen LogP contribution in [0.4, 0.5) is 0 Å². The normalized spacial score (nSPS) is 32.7. The van der Waals surface area contributed by atoms with Crippen molar-refractivity contribution in [3.05, 3.63) is 0 Å². The third-order valence-corrected chi connectivity index (χ3v) is 5.52. The second-order valence-electron chi connectivity index (χ2n) is 7.64. The first-order chi connectivity index (χ1) is 9.84. The quantitative estimate of drug-likeness (QED) is 0.870. The van der Waals surface area contributed by atoms with Crippen LogP contribution in [-0.4, -0.2) is 35.0 Å². The minimum atomic E-state index is -0.792. The van der Waals surface area contributed by atoms with Gasteiger partial charge in [0.25, 0.3) is 0 Å². The molecule has 1 amide bonds. The number of rotatable bonds is 3. The molecular formula is C17H29NO3. The number of hydrogen-bond donors (Lipinski definition) is 1. The Bertz CT molecular complexity index is 405. The van der Waals surface area contributed by atoms with E-state index in [-0.39, 0.29) is 11.8 Å². The summed E-state index contributed by atoms with van der Waals surface area (Å²) in [7, 11) is 0. The van der Waals surface area contributed by atoms with E-state index in [0.29, 0.717) is 17.8 Å². The van der Waals surface area contributed by atoms with Crippen LogP contribution in [0.1, 0.15) is 59.3 Å². The maximum Gasteiger partial charge on any atom is 0.307 e. The lowest BCUT2D eigenvalue weighted by atomic mass is 9.85. The van der Waals surface area contributed by atoms with E-state index in [1.54, 1.807) is 0 Å². The largest absolute Gasteiger partial charge is 0.481 e. The minimum absolute atomic E-state index is 0.0936. The zero-order chi connectivity index (χ0) is 15.6. The second-order valence-corrected chi connectivity index (χ2v) is 7.64. The summed E-state index contributed by atoms with van der Waals surface area (Å²) in [5.74, 6) is -1.08. The van der Waals surface area contributed by atoms with Gasteiger partial charge in [0, 0.05) is 13.1 Å². The molecule has 3 unspecified atom stereocenters. The van der Waals surface area contributed by atoms with Crippen molar-refractivity contribution in [2.24, 2.45) is 23.2 Å². The van der Waals surface area contributed by atoms with Crippen molar-refractivity contribution in [3.8, 4) is 0 Å². The Balaban J connectivity index is 2.05. The fourth-order valence-electron chi connectivity index (χ4n) is 3.90.